The molecule has 1 aromatic rings. The molecular formula is C13H25Cl2N5S. The van der Waals surface area contributed by atoms with Gasteiger partial charge in [0.1, 0.15) is 5.82 Å². The van der Waals surface area contributed by atoms with E-state index in [2.05, 4.69) is 33.2 Å². The molecular weight excluding hydrogens is 329 g/mol. The van der Waals surface area contributed by atoms with Gasteiger partial charge in [-0.3, -0.25) is 4.90 Å². The number of allylic oxidation sites excluding steroid dienone is 1. The first-order valence-electron chi connectivity index (χ1n) is 6.90. The van der Waals surface area contributed by atoms with Gasteiger partial charge in [-0.1, -0.05) is 24.8 Å². The Kier molecular flexibility index (Phi) is 10.3. The second-order valence-electron chi connectivity index (χ2n) is 4.74. The van der Waals surface area contributed by atoms with Crippen LogP contribution >= 0.6 is 36.6 Å². The van der Waals surface area contributed by atoms with Crippen LogP contribution < -0.4 is 5.73 Å². The van der Waals surface area contributed by atoms with E-state index in [1.807, 2.05) is 6.08 Å². The average Bonchev–Trinajstić information content (AvgIpc) is 3.03. The predicted molar refractivity (Wildman–Crippen MR) is 93.6 cm³/mol. The number of nitrogens with two attached hydrogens (primary N) is 1. The number of nitrogens with zero attached hydrogens (tertiary/aromatic N) is 4. The first-order valence-corrected chi connectivity index (χ1v) is 7.88. The number of halogens is 2. The van der Waals surface area contributed by atoms with E-state index in [1.54, 1.807) is 11.8 Å². The lowest BCUT2D eigenvalue weighted by Crippen LogP contribution is -2.31. The van der Waals surface area contributed by atoms with Crippen LogP contribution in [0.4, 0.5) is 0 Å². The van der Waals surface area contributed by atoms with E-state index in [0.29, 0.717) is 12.6 Å². The number of aromatic nitrogens is 3. The molecule has 0 aromatic carbocycles. The molecule has 1 aromatic heterocycles. The summed E-state index contributed by atoms with van der Waals surface area (Å²) in [5.41, 5.74) is 5.68. The third-order valence-electron chi connectivity index (χ3n) is 3.60. The van der Waals surface area contributed by atoms with E-state index in [9.17, 15) is 0 Å². The topological polar surface area (TPSA) is 60.0 Å². The minimum absolute atomic E-state index is 0. The van der Waals surface area contributed by atoms with Crippen molar-refractivity contribution in [3.63, 3.8) is 0 Å². The van der Waals surface area contributed by atoms with Gasteiger partial charge in [0.2, 0.25) is 0 Å². The van der Waals surface area contributed by atoms with Crippen LogP contribution in [0.5, 0.6) is 0 Å². The van der Waals surface area contributed by atoms with Crippen molar-refractivity contribution in [2.75, 3.05) is 18.8 Å². The number of hydrogen-bond acceptors (Lipinski definition) is 5. The van der Waals surface area contributed by atoms with Gasteiger partial charge in [0.25, 0.3) is 0 Å². The summed E-state index contributed by atoms with van der Waals surface area (Å²) in [5.74, 6) is 1.91. The Balaban J connectivity index is 0.00000200. The lowest BCUT2D eigenvalue weighted by Gasteiger charge is -2.21. The molecule has 1 aliphatic heterocycles. The Morgan fingerprint density at radius 1 is 1.43 bits per heavy atom. The summed E-state index contributed by atoms with van der Waals surface area (Å²) in [7, 11) is 0. The highest BCUT2D eigenvalue weighted by Gasteiger charge is 2.23. The zero-order valence-corrected chi connectivity index (χ0v) is 14.9. The van der Waals surface area contributed by atoms with Gasteiger partial charge in [-0.05, 0) is 25.9 Å². The third kappa shape index (κ3) is 5.14. The minimum Gasteiger partial charge on any atom is -0.324 e. The summed E-state index contributed by atoms with van der Waals surface area (Å²) >= 11 is 1.78. The maximum atomic E-state index is 5.68. The van der Waals surface area contributed by atoms with E-state index in [4.69, 9.17) is 5.73 Å². The van der Waals surface area contributed by atoms with Crippen molar-refractivity contribution in [2.45, 2.75) is 44.1 Å². The molecule has 8 heteroatoms. The Hall–Kier alpha value is -0.270. The molecule has 1 atom stereocenters. The fourth-order valence-electron chi connectivity index (χ4n) is 2.56. The van der Waals surface area contributed by atoms with Gasteiger partial charge < -0.3 is 10.3 Å². The van der Waals surface area contributed by atoms with E-state index in [1.165, 1.54) is 19.4 Å². The number of hydrogen-bond donors (Lipinski definition) is 1. The van der Waals surface area contributed by atoms with Gasteiger partial charge in [-0.25, -0.2) is 0 Å². The summed E-state index contributed by atoms with van der Waals surface area (Å²) in [6.07, 6.45) is 4.47. The van der Waals surface area contributed by atoms with E-state index >= 15 is 0 Å². The summed E-state index contributed by atoms with van der Waals surface area (Å²) < 4.78 is 2.06. The number of rotatable bonds is 7. The molecule has 1 aliphatic rings. The van der Waals surface area contributed by atoms with Gasteiger partial charge in [0.05, 0.1) is 6.54 Å². The molecule has 2 N–H and O–H groups in total. The second-order valence-corrected chi connectivity index (χ2v) is 5.73. The van der Waals surface area contributed by atoms with Gasteiger partial charge in [0.15, 0.2) is 5.16 Å². The quantitative estimate of drug-likeness (QED) is 0.602. The first-order chi connectivity index (χ1) is 9.30. The summed E-state index contributed by atoms with van der Waals surface area (Å²) in [4.78, 5) is 2.55. The lowest BCUT2D eigenvalue weighted by atomic mass is 10.2. The van der Waals surface area contributed by atoms with E-state index in [0.717, 1.165) is 29.8 Å². The fourth-order valence-corrected chi connectivity index (χ4v) is 3.71. The van der Waals surface area contributed by atoms with Crippen LogP contribution in [0, 0.1) is 0 Å². The zero-order valence-electron chi connectivity index (χ0n) is 12.4. The second kappa shape index (κ2) is 10.5. The molecule has 0 aliphatic carbocycles. The molecule has 2 heterocycles. The molecule has 2 rings (SSSR count). The highest BCUT2D eigenvalue weighted by molar-refractivity contribution is 7.99. The Labute approximate surface area is 143 Å². The summed E-state index contributed by atoms with van der Waals surface area (Å²) in [5, 5.41) is 9.35. The van der Waals surface area contributed by atoms with Crippen molar-refractivity contribution >= 4 is 36.6 Å². The lowest BCUT2D eigenvalue weighted by molar-refractivity contribution is 0.287. The molecule has 1 unspecified atom stereocenters. The Bertz CT molecular complexity index is 427. The zero-order chi connectivity index (χ0) is 13.7. The van der Waals surface area contributed by atoms with Gasteiger partial charge >= 0.3 is 0 Å². The molecule has 5 nitrogen and oxygen atoms in total. The molecule has 0 bridgehead atoms. The highest BCUT2D eigenvalue weighted by Crippen LogP contribution is 2.25. The molecule has 1 fully saturated rings. The van der Waals surface area contributed by atoms with Crippen LogP contribution in [0.25, 0.3) is 0 Å². The summed E-state index contributed by atoms with van der Waals surface area (Å²) in [6.45, 7) is 9.53. The van der Waals surface area contributed by atoms with Crippen molar-refractivity contribution in [1.29, 1.82) is 0 Å². The monoisotopic (exact) mass is 353 g/mol. The molecule has 1 saturated heterocycles. The van der Waals surface area contributed by atoms with Crippen LogP contribution in [-0.2, 0) is 13.1 Å². The van der Waals surface area contributed by atoms with Crippen LogP contribution in [0.1, 0.15) is 25.6 Å². The van der Waals surface area contributed by atoms with Crippen molar-refractivity contribution < 1.29 is 0 Å². The molecule has 0 spiro atoms. The summed E-state index contributed by atoms with van der Waals surface area (Å²) in [6, 6.07) is 0.671. The van der Waals surface area contributed by atoms with Crippen LogP contribution in [0.3, 0.4) is 0 Å². The van der Waals surface area contributed by atoms with Gasteiger partial charge in [-0.15, -0.1) is 41.6 Å². The largest absolute Gasteiger partial charge is 0.324 e. The first kappa shape index (κ1) is 20.7. The molecule has 122 valence electrons. The predicted octanol–water partition coefficient (Wildman–Crippen LogP) is 2.34. The smallest absolute Gasteiger partial charge is 0.191 e. The van der Waals surface area contributed by atoms with Crippen molar-refractivity contribution in [1.82, 2.24) is 19.7 Å². The van der Waals surface area contributed by atoms with E-state index < -0.39 is 0 Å². The third-order valence-corrected chi connectivity index (χ3v) is 4.71. The molecule has 21 heavy (non-hydrogen) atoms. The van der Waals surface area contributed by atoms with Crippen molar-refractivity contribution in [2.24, 2.45) is 5.73 Å². The maximum Gasteiger partial charge on any atom is 0.191 e. The number of likely N-dealkylation sites (tertiary alicyclic amines) is 1. The Morgan fingerprint density at radius 2 is 2.19 bits per heavy atom. The highest BCUT2D eigenvalue weighted by atomic mass is 35.5. The fraction of sp³-hybridized carbons (Fsp3) is 0.692. The molecule has 0 amide bonds. The van der Waals surface area contributed by atoms with Crippen LogP contribution in [-0.4, -0.2) is 44.5 Å². The van der Waals surface area contributed by atoms with Gasteiger partial charge in [0, 0.05) is 18.3 Å². The van der Waals surface area contributed by atoms with Crippen LogP contribution in [0.15, 0.2) is 17.8 Å². The van der Waals surface area contributed by atoms with Crippen molar-refractivity contribution in [3.05, 3.63) is 18.5 Å². The Morgan fingerprint density at radius 3 is 2.81 bits per heavy atom. The SMILES string of the molecule is C=CCn1c(CN)nnc1SCC1CCCN1CC.Cl.Cl. The number of thioether (sulfide) groups is 1. The van der Waals surface area contributed by atoms with Crippen LogP contribution in [0.2, 0.25) is 0 Å². The van der Waals surface area contributed by atoms with E-state index in [-0.39, 0.29) is 24.8 Å². The standard InChI is InChI=1S/C13H23N5S.2ClH/c1-3-7-18-12(9-14)15-16-13(18)19-10-11-6-5-8-17(11)4-2;;/h3,11H,1,4-10,14H2,2H3;2*1H. The minimum atomic E-state index is 0. The normalized spacial score (nSPS) is 18.1. The van der Waals surface area contributed by atoms with Gasteiger partial charge in [-0.2, -0.15) is 0 Å². The van der Waals surface area contributed by atoms with Crippen molar-refractivity contribution in [3.8, 4) is 0 Å². The molecule has 0 saturated carbocycles. The maximum absolute atomic E-state index is 5.68. The average molecular weight is 354 g/mol. The molecule has 0 radical (unpaired) electrons.